The van der Waals surface area contributed by atoms with Crippen molar-refractivity contribution in [3.63, 3.8) is 0 Å². The number of anilines is 1. The maximum absolute atomic E-state index is 14.3. The van der Waals surface area contributed by atoms with Crippen molar-refractivity contribution in [2.75, 3.05) is 4.90 Å². The van der Waals surface area contributed by atoms with Gasteiger partial charge in [-0.1, -0.05) is 18.9 Å². The minimum atomic E-state index is -1.37. The molecule has 9 rings (SSSR count). The van der Waals surface area contributed by atoms with Crippen LogP contribution in [0.5, 0.6) is 0 Å². The number of aromatic nitrogens is 2. The van der Waals surface area contributed by atoms with Crippen LogP contribution in [0.15, 0.2) is 64.3 Å². The second kappa shape index (κ2) is 10.3. The van der Waals surface area contributed by atoms with E-state index in [4.69, 9.17) is 0 Å². The maximum atomic E-state index is 14.3. The van der Waals surface area contributed by atoms with Gasteiger partial charge in [-0.25, -0.2) is 9.88 Å². The van der Waals surface area contributed by atoms with Crippen LogP contribution >= 0.6 is 12.6 Å². The summed E-state index contributed by atoms with van der Waals surface area (Å²) in [4.78, 5) is 78.6. The average molecular weight is 640 g/mol. The third-order valence-electron chi connectivity index (χ3n) is 10.6. The van der Waals surface area contributed by atoms with Gasteiger partial charge in [-0.15, -0.1) is 12.6 Å². The third kappa shape index (κ3) is 4.02. The Hall–Kier alpha value is -4.89. The molecule has 3 aliphatic carbocycles. The lowest BCUT2D eigenvalue weighted by Crippen LogP contribution is -2.42. The van der Waals surface area contributed by atoms with Gasteiger partial charge in [-0.05, 0) is 110 Å². The predicted octanol–water partition coefficient (Wildman–Crippen LogP) is 6.86. The number of H-pyrrole nitrogens is 1. The number of amides is 2. The van der Waals surface area contributed by atoms with Crippen LogP contribution < -0.4 is 10.5 Å². The molecule has 2 heterocycles. The van der Waals surface area contributed by atoms with Crippen molar-refractivity contribution < 1.29 is 19.2 Å². The number of fused-ring (bicyclic) bond motifs is 2. The largest absolute Gasteiger partial charge is 0.309 e. The minimum Gasteiger partial charge on any atom is -0.309 e. The molecule has 0 saturated heterocycles. The fourth-order valence-corrected chi connectivity index (χ4v) is 8.68. The SMILES string of the molecule is O=C1c2ccc3c4c(ccc(c24)C(=O)C1c1nc2ccc(S)cc2c(=O)[nH]1)C(=O)N(c1ccc(C2CCCC2)c2c1CCCC2)C3=O. The fraction of sp³-hybridized carbons (Fsp3) is 0.263. The third-order valence-corrected chi connectivity index (χ3v) is 10.9. The van der Waals surface area contributed by atoms with Crippen molar-refractivity contribution in [1.82, 2.24) is 9.97 Å². The Morgan fingerprint density at radius 2 is 1.32 bits per heavy atom. The molecule has 1 aromatic heterocycles. The van der Waals surface area contributed by atoms with E-state index in [0.717, 1.165) is 31.2 Å². The van der Waals surface area contributed by atoms with Crippen molar-refractivity contribution >= 4 is 63.4 Å². The Kier molecular flexibility index (Phi) is 6.21. The minimum absolute atomic E-state index is 0.0485. The van der Waals surface area contributed by atoms with Crippen LogP contribution in [0.25, 0.3) is 21.7 Å². The quantitative estimate of drug-likeness (QED) is 0.127. The molecule has 4 aromatic carbocycles. The molecule has 0 atom stereocenters. The molecule has 8 nitrogen and oxygen atoms in total. The van der Waals surface area contributed by atoms with E-state index in [9.17, 15) is 24.0 Å². The van der Waals surface area contributed by atoms with Crippen molar-refractivity contribution in [3.05, 3.63) is 110 Å². The molecule has 232 valence electrons. The number of carbonyl (C=O) groups excluding carboxylic acids is 4. The van der Waals surface area contributed by atoms with E-state index in [0.29, 0.717) is 38.2 Å². The lowest BCUT2D eigenvalue weighted by atomic mass is 9.76. The first-order valence-electron chi connectivity index (χ1n) is 16.3. The number of aromatic amines is 1. The van der Waals surface area contributed by atoms with E-state index in [1.165, 1.54) is 41.7 Å². The van der Waals surface area contributed by atoms with Gasteiger partial charge in [0.25, 0.3) is 17.4 Å². The van der Waals surface area contributed by atoms with Crippen LogP contribution in [0, 0.1) is 0 Å². The molecule has 1 aliphatic heterocycles. The number of rotatable bonds is 3. The number of ketones is 2. The molecule has 4 aliphatic rings. The van der Waals surface area contributed by atoms with Crippen LogP contribution in [-0.4, -0.2) is 33.3 Å². The van der Waals surface area contributed by atoms with Gasteiger partial charge in [0, 0.05) is 37.9 Å². The molecule has 2 amide bonds. The first-order valence-corrected chi connectivity index (χ1v) is 16.7. The van der Waals surface area contributed by atoms with Gasteiger partial charge in [0.05, 0.1) is 16.6 Å². The summed E-state index contributed by atoms with van der Waals surface area (Å²) >= 11 is 4.29. The molecule has 1 N–H and O–H groups in total. The first kappa shape index (κ1) is 28.3. The zero-order valence-electron chi connectivity index (χ0n) is 25.4. The van der Waals surface area contributed by atoms with E-state index in [2.05, 4.69) is 28.7 Å². The second-order valence-corrected chi connectivity index (χ2v) is 13.7. The molecular formula is C38H29N3O5S. The number of Topliss-reactive ketones (excluding diaryl/α,β-unsaturated/α-hetero) is 2. The normalized spacial score (nSPS) is 18.1. The zero-order valence-corrected chi connectivity index (χ0v) is 26.3. The van der Waals surface area contributed by atoms with Crippen LogP contribution in [0.1, 0.15) is 114 Å². The van der Waals surface area contributed by atoms with Crippen molar-refractivity contribution in [2.24, 2.45) is 0 Å². The zero-order chi connectivity index (χ0) is 32.1. The number of nitrogens with one attached hydrogen (secondary N) is 1. The van der Waals surface area contributed by atoms with Crippen molar-refractivity contribution in [3.8, 4) is 0 Å². The van der Waals surface area contributed by atoms with Gasteiger partial charge in [-0.2, -0.15) is 0 Å². The molecule has 5 aromatic rings. The van der Waals surface area contributed by atoms with E-state index in [1.807, 2.05) is 6.07 Å². The predicted molar refractivity (Wildman–Crippen MR) is 180 cm³/mol. The fourth-order valence-electron chi connectivity index (χ4n) is 8.48. The number of nitrogens with zero attached hydrogens (tertiary/aromatic N) is 2. The van der Waals surface area contributed by atoms with E-state index >= 15 is 0 Å². The molecule has 1 saturated carbocycles. The van der Waals surface area contributed by atoms with Crippen LogP contribution in [0.3, 0.4) is 0 Å². The maximum Gasteiger partial charge on any atom is 0.265 e. The number of benzene rings is 4. The summed E-state index contributed by atoms with van der Waals surface area (Å²) in [5.41, 5.74) is 5.25. The highest BCUT2D eigenvalue weighted by atomic mass is 32.1. The van der Waals surface area contributed by atoms with Gasteiger partial charge in [-0.3, -0.25) is 24.0 Å². The summed E-state index contributed by atoms with van der Waals surface area (Å²) in [6.45, 7) is 0. The van der Waals surface area contributed by atoms with E-state index < -0.39 is 34.9 Å². The average Bonchev–Trinajstić information content (AvgIpc) is 3.62. The second-order valence-electron chi connectivity index (χ2n) is 13.2. The molecule has 0 spiro atoms. The lowest BCUT2D eigenvalue weighted by molar-refractivity contribution is 0.0842. The monoisotopic (exact) mass is 639 g/mol. The van der Waals surface area contributed by atoms with Gasteiger partial charge < -0.3 is 4.98 Å². The molecule has 1 fully saturated rings. The topological polar surface area (TPSA) is 117 Å². The number of thiol groups is 1. The molecule has 47 heavy (non-hydrogen) atoms. The first-order chi connectivity index (χ1) is 22.8. The Labute approximate surface area is 274 Å². The lowest BCUT2D eigenvalue weighted by Gasteiger charge is -2.33. The smallest absolute Gasteiger partial charge is 0.265 e. The Morgan fingerprint density at radius 1 is 0.702 bits per heavy atom. The number of carbonyl (C=O) groups is 4. The van der Waals surface area contributed by atoms with E-state index in [1.54, 1.807) is 42.5 Å². The Morgan fingerprint density at radius 3 is 2.00 bits per heavy atom. The summed E-state index contributed by atoms with van der Waals surface area (Å²) in [5.74, 6) is -2.89. The molecular weight excluding hydrogens is 611 g/mol. The van der Waals surface area contributed by atoms with Gasteiger partial charge in [0.2, 0.25) is 0 Å². The summed E-state index contributed by atoms with van der Waals surface area (Å²) in [7, 11) is 0. The number of hydrogen-bond acceptors (Lipinski definition) is 7. The number of imide groups is 1. The van der Waals surface area contributed by atoms with E-state index in [-0.39, 0.29) is 28.1 Å². The highest BCUT2D eigenvalue weighted by Gasteiger charge is 2.43. The highest BCUT2D eigenvalue weighted by Crippen LogP contribution is 2.45. The van der Waals surface area contributed by atoms with Gasteiger partial charge in [0.1, 0.15) is 11.7 Å². The molecule has 0 unspecified atom stereocenters. The standard InChI is InChI=1S/C38H29N3O5S/c42-33-23-10-12-25-31-26(13-11-24(30(23)31)34(43)32(33)35-39-28-15-9-19(47)17-27(28)36(44)40-35)38(46)41(37(25)45)29-16-14-20(18-5-1-2-6-18)21-7-3-4-8-22(21)29/h9-18,32,47H,1-8H2,(H,39,40,44). The summed E-state index contributed by atoms with van der Waals surface area (Å²) < 4.78 is 0. The molecule has 0 bridgehead atoms. The molecule has 9 heteroatoms. The van der Waals surface area contributed by atoms with Crippen molar-refractivity contribution in [1.29, 1.82) is 0 Å². The van der Waals surface area contributed by atoms with Crippen LogP contribution in [0.4, 0.5) is 5.69 Å². The highest BCUT2D eigenvalue weighted by molar-refractivity contribution is 7.80. The van der Waals surface area contributed by atoms with Crippen LogP contribution in [0.2, 0.25) is 0 Å². The van der Waals surface area contributed by atoms with Gasteiger partial charge in [0.15, 0.2) is 11.6 Å². The Balaban J connectivity index is 1.16. The van der Waals surface area contributed by atoms with Gasteiger partial charge >= 0.3 is 0 Å². The Bertz CT molecular complexity index is 2280. The summed E-state index contributed by atoms with van der Waals surface area (Å²) in [6, 6.07) is 15.2. The van der Waals surface area contributed by atoms with Crippen LogP contribution in [-0.2, 0) is 12.8 Å². The van der Waals surface area contributed by atoms with Crippen molar-refractivity contribution in [2.45, 2.75) is 68.1 Å². The number of hydrogen-bond donors (Lipinski definition) is 2. The summed E-state index contributed by atoms with van der Waals surface area (Å²) in [5, 5.41) is 0.921. The summed E-state index contributed by atoms with van der Waals surface area (Å²) in [6.07, 6.45) is 8.67. The molecule has 0 radical (unpaired) electrons.